The van der Waals surface area contributed by atoms with Crippen LogP contribution in [-0.2, 0) is 4.79 Å². The first-order valence-electron chi connectivity index (χ1n) is 8.57. The number of aliphatic hydroxyl groups is 1. The molecule has 1 saturated carbocycles. The predicted octanol–water partition coefficient (Wildman–Crippen LogP) is 2.55. The van der Waals surface area contributed by atoms with Crippen LogP contribution in [-0.4, -0.2) is 47.7 Å². The van der Waals surface area contributed by atoms with Gasteiger partial charge in [0.2, 0.25) is 5.91 Å². The molecule has 21 heavy (non-hydrogen) atoms. The Balaban J connectivity index is 2.25. The van der Waals surface area contributed by atoms with Crippen molar-refractivity contribution < 1.29 is 9.90 Å². The molecule has 0 aromatic heterocycles. The summed E-state index contributed by atoms with van der Waals surface area (Å²) in [5.74, 6) is 0.805. The van der Waals surface area contributed by atoms with Gasteiger partial charge in [-0.05, 0) is 39.2 Å². The number of aliphatic hydroxyl groups excluding tert-OH is 1. The van der Waals surface area contributed by atoms with Gasteiger partial charge in [-0.3, -0.25) is 9.69 Å². The monoisotopic (exact) mass is 298 g/mol. The number of hydrogen-bond acceptors (Lipinski definition) is 3. The van der Waals surface area contributed by atoms with Crippen molar-refractivity contribution in [1.29, 1.82) is 0 Å². The third-order valence-corrected chi connectivity index (χ3v) is 4.48. The molecule has 3 unspecified atom stereocenters. The number of hydrogen-bond donors (Lipinski definition) is 2. The van der Waals surface area contributed by atoms with Crippen LogP contribution in [0.3, 0.4) is 0 Å². The summed E-state index contributed by atoms with van der Waals surface area (Å²) in [7, 11) is 1.95. The normalized spacial score (nSPS) is 24.3. The molecule has 0 bridgehead atoms. The number of nitrogens with zero attached hydrogens (tertiary/aromatic N) is 1. The van der Waals surface area contributed by atoms with E-state index in [4.69, 9.17) is 0 Å². The molecule has 0 aromatic rings. The Kier molecular flexibility index (Phi) is 8.27. The number of nitrogens with one attached hydrogen (secondary N) is 1. The Bertz CT molecular complexity index is 307. The number of likely N-dealkylation sites (N-methyl/N-ethyl adjacent to an activating group) is 1. The lowest BCUT2D eigenvalue weighted by molar-refractivity contribution is -0.123. The van der Waals surface area contributed by atoms with Gasteiger partial charge >= 0.3 is 0 Å². The van der Waals surface area contributed by atoms with Gasteiger partial charge in [0.05, 0.1) is 12.6 Å². The number of amides is 1. The maximum atomic E-state index is 12.1. The van der Waals surface area contributed by atoms with E-state index in [1.54, 1.807) is 0 Å². The van der Waals surface area contributed by atoms with Gasteiger partial charge in [0.15, 0.2) is 0 Å². The molecule has 0 aromatic carbocycles. The van der Waals surface area contributed by atoms with Crippen LogP contribution >= 0.6 is 0 Å². The zero-order chi connectivity index (χ0) is 15.8. The van der Waals surface area contributed by atoms with Crippen molar-refractivity contribution >= 4 is 5.91 Å². The van der Waals surface area contributed by atoms with Crippen molar-refractivity contribution in [3.63, 3.8) is 0 Å². The minimum absolute atomic E-state index is 0.0762. The maximum absolute atomic E-state index is 12.1. The molecule has 4 heteroatoms. The van der Waals surface area contributed by atoms with E-state index >= 15 is 0 Å². The lowest BCUT2D eigenvalue weighted by Crippen LogP contribution is -2.48. The van der Waals surface area contributed by atoms with E-state index in [1.807, 2.05) is 11.9 Å². The Morgan fingerprint density at radius 1 is 1.24 bits per heavy atom. The van der Waals surface area contributed by atoms with Gasteiger partial charge < -0.3 is 10.4 Å². The van der Waals surface area contributed by atoms with Gasteiger partial charge in [0.1, 0.15) is 0 Å². The molecule has 0 heterocycles. The first kappa shape index (κ1) is 18.4. The van der Waals surface area contributed by atoms with Gasteiger partial charge in [0, 0.05) is 12.1 Å². The second kappa shape index (κ2) is 9.42. The average Bonchev–Trinajstić information content (AvgIpc) is 2.38. The van der Waals surface area contributed by atoms with Crippen LogP contribution in [0.4, 0.5) is 0 Å². The fourth-order valence-electron chi connectivity index (χ4n) is 3.17. The summed E-state index contributed by atoms with van der Waals surface area (Å²) < 4.78 is 0. The zero-order valence-corrected chi connectivity index (χ0v) is 14.3. The smallest absolute Gasteiger partial charge is 0.234 e. The minimum atomic E-state index is -0.278. The quantitative estimate of drug-likeness (QED) is 0.724. The highest BCUT2D eigenvalue weighted by molar-refractivity contribution is 5.78. The van der Waals surface area contributed by atoms with Gasteiger partial charge in [-0.1, -0.05) is 39.5 Å². The Hall–Kier alpha value is -0.610. The van der Waals surface area contributed by atoms with Gasteiger partial charge in [0.25, 0.3) is 0 Å². The topological polar surface area (TPSA) is 52.6 Å². The lowest BCUT2D eigenvalue weighted by atomic mass is 9.91. The third-order valence-electron chi connectivity index (χ3n) is 4.48. The molecule has 124 valence electrons. The van der Waals surface area contributed by atoms with Crippen molar-refractivity contribution in [3.8, 4) is 0 Å². The van der Waals surface area contributed by atoms with E-state index in [1.165, 1.54) is 6.42 Å². The molecule has 2 N–H and O–H groups in total. The number of carbonyl (C=O) groups is 1. The van der Waals surface area contributed by atoms with Crippen molar-refractivity contribution in [2.24, 2.45) is 5.92 Å². The molecule has 0 saturated heterocycles. The van der Waals surface area contributed by atoms with E-state index in [-0.39, 0.29) is 24.1 Å². The van der Waals surface area contributed by atoms with E-state index in [0.29, 0.717) is 6.54 Å². The summed E-state index contributed by atoms with van der Waals surface area (Å²) in [4.78, 5) is 14.1. The summed E-state index contributed by atoms with van der Waals surface area (Å²) in [5, 5.41) is 13.1. The molecule has 0 radical (unpaired) electrons. The first-order chi connectivity index (χ1) is 9.90. The largest absolute Gasteiger partial charge is 0.391 e. The highest BCUT2D eigenvalue weighted by Crippen LogP contribution is 2.22. The Morgan fingerprint density at radius 3 is 2.52 bits per heavy atom. The third kappa shape index (κ3) is 7.28. The van der Waals surface area contributed by atoms with Crippen molar-refractivity contribution in [1.82, 2.24) is 10.2 Å². The molecule has 4 nitrogen and oxygen atoms in total. The summed E-state index contributed by atoms with van der Waals surface area (Å²) >= 11 is 0. The number of carbonyl (C=O) groups excluding carboxylic acids is 1. The van der Waals surface area contributed by atoms with Gasteiger partial charge in [-0.15, -0.1) is 0 Å². The van der Waals surface area contributed by atoms with Crippen molar-refractivity contribution in [2.45, 2.75) is 83.9 Å². The Morgan fingerprint density at radius 2 is 1.90 bits per heavy atom. The lowest BCUT2D eigenvalue weighted by Gasteiger charge is -2.34. The summed E-state index contributed by atoms with van der Waals surface area (Å²) in [6.07, 6.45) is 7.26. The van der Waals surface area contributed by atoms with E-state index in [2.05, 4.69) is 26.1 Å². The van der Waals surface area contributed by atoms with Gasteiger partial charge in [-0.2, -0.15) is 0 Å². The van der Waals surface area contributed by atoms with Crippen LogP contribution in [0, 0.1) is 5.92 Å². The van der Waals surface area contributed by atoms with Crippen molar-refractivity contribution in [3.05, 3.63) is 0 Å². The summed E-state index contributed by atoms with van der Waals surface area (Å²) in [5.41, 5.74) is 0. The van der Waals surface area contributed by atoms with Crippen LogP contribution in [0.25, 0.3) is 0 Å². The second-order valence-electron chi connectivity index (χ2n) is 7.13. The minimum Gasteiger partial charge on any atom is -0.391 e. The maximum Gasteiger partial charge on any atom is 0.234 e. The highest BCUT2D eigenvalue weighted by Gasteiger charge is 2.27. The molecule has 0 aliphatic heterocycles. The van der Waals surface area contributed by atoms with Crippen LogP contribution < -0.4 is 5.32 Å². The fraction of sp³-hybridized carbons (Fsp3) is 0.941. The molecule has 1 aliphatic rings. The number of rotatable bonds is 8. The predicted molar refractivity (Wildman–Crippen MR) is 87.2 cm³/mol. The van der Waals surface area contributed by atoms with Gasteiger partial charge in [-0.25, -0.2) is 0 Å². The summed E-state index contributed by atoms with van der Waals surface area (Å²) in [6, 6.07) is 0.377. The van der Waals surface area contributed by atoms with E-state index in [0.717, 1.165) is 44.4 Å². The fourth-order valence-corrected chi connectivity index (χ4v) is 3.17. The molecule has 0 spiro atoms. The molecule has 3 atom stereocenters. The molecule has 1 fully saturated rings. The van der Waals surface area contributed by atoms with Crippen LogP contribution in [0.2, 0.25) is 0 Å². The van der Waals surface area contributed by atoms with E-state index in [9.17, 15) is 9.90 Å². The SMILES string of the molecule is CC(C)CCCC(C)NC(=O)CN(C)C1CCCCC1O. The molecule has 1 aliphatic carbocycles. The summed E-state index contributed by atoms with van der Waals surface area (Å²) in [6.45, 7) is 6.92. The molecular formula is C17H34N2O2. The molecule has 1 rings (SSSR count). The highest BCUT2D eigenvalue weighted by atomic mass is 16.3. The Labute approximate surface area is 130 Å². The van der Waals surface area contributed by atoms with E-state index < -0.39 is 0 Å². The second-order valence-corrected chi connectivity index (χ2v) is 7.13. The molecule has 1 amide bonds. The van der Waals surface area contributed by atoms with Crippen LogP contribution in [0.5, 0.6) is 0 Å². The van der Waals surface area contributed by atoms with Crippen molar-refractivity contribution in [2.75, 3.05) is 13.6 Å². The average molecular weight is 298 g/mol. The van der Waals surface area contributed by atoms with Crippen LogP contribution in [0.15, 0.2) is 0 Å². The standard InChI is InChI=1S/C17H34N2O2/c1-13(2)8-7-9-14(3)18-17(21)12-19(4)15-10-5-6-11-16(15)20/h13-16,20H,5-12H2,1-4H3,(H,18,21). The zero-order valence-electron chi connectivity index (χ0n) is 14.3. The molecular weight excluding hydrogens is 264 g/mol. The van der Waals surface area contributed by atoms with Crippen LogP contribution in [0.1, 0.15) is 65.7 Å². The first-order valence-corrected chi connectivity index (χ1v) is 8.57.